The van der Waals surface area contributed by atoms with Gasteiger partial charge in [-0.05, 0) is 55.0 Å². The van der Waals surface area contributed by atoms with E-state index in [0.717, 1.165) is 10.8 Å². The number of rotatable bonds is 5. The summed E-state index contributed by atoms with van der Waals surface area (Å²) in [6.45, 7) is 3.81. The Morgan fingerprint density at radius 2 is 1.39 bits per heavy atom. The Balaban J connectivity index is 1.68. The minimum absolute atomic E-state index is 0.0187. The minimum Gasteiger partial charge on any atom is -0.493 e. The number of hydrogen-bond acceptors (Lipinski definition) is 4. The molecule has 6 heteroatoms. The number of amides is 2. The Labute approximate surface area is 163 Å². The smallest absolute Gasteiger partial charge is 0.269 e. The van der Waals surface area contributed by atoms with Crippen molar-refractivity contribution in [3.63, 3.8) is 0 Å². The van der Waals surface area contributed by atoms with Gasteiger partial charge in [0.15, 0.2) is 11.5 Å². The second-order valence-corrected chi connectivity index (χ2v) is 6.50. The number of carbonyl (C=O) groups excluding carboxylic acids is 2. The lowest BCUT2D eigenvalue weighted by molar-refractivity contribution is 0.0846. The van der Waals surface area contributed by atoms with Crippen molar-refractivity contribution in [3.8, 4) is 11.5 Å². The summed E-state index contributed by atoms with van der Waals surface area (Å²) in [6.07, 6.45) is -0.0187. The number of fused-ring (bicyclic) bond motifs is 1. The highest BCUT2D eigenvalue weighted by Crippen LogP contribution is 2.28. The van der Waals surface area contributed by atoms with Crippen molar-refractivity contribution in [1.82, 2.24) is 10.9 Å². The number of hydrogen-bond donors (Lipinski definition) is 2. The third-order valence-corrected chi connectivity index (χ3v) is 4.09. The molecular weight excluding hydrogens is 356 g/mol. The number of benzene rings is 3. The van der Waals surface area contributed by atoms with E-state index in [-0.39, 0.29) is 6.10 Å². The lowest BCUT2D eigenvalue weighted by Gasteiger charge is -2.14. The SMILES string of the molecule is COc1cc(C(=O)NNC(=O)c2ccc3ccccc3c2)ccc1OC(C)C. The highest BCUT2D eigenvalue weighted by molar-refractivity contribution is 6.01. The fourth-order valence-corrected chi connectivity index (χ4v) is 2.75. The zero-order chi connectivity index (χ0) is 20.1. The van der Waals surface area contributed by atoms with Gasteiger partial charge in [0.1, 0.15) is 0 Å². The number of hydrazine groups is 1. The third-order valence-electron chi connectivity index (χ3n) is 4.09. The molecule has 0 saturated carbocycles. The molecule has 144 valence electrons. The van der Waals surface area contributed by atoms with Gasteiger partial charge >= 0.3 is 0 Å². The van der Waals surface area contributed by atoms with E-state index in [0.29, 0.717) is 22.6 Å². The first-order chi connectivity index (χ1) is 13.5. The van der Waals surface area contributed by atoms with E-state index in [1.165, 1.54) is 7.11 Å². The van der Waals surface area contributed by atoms with Crippen molar-refractivity contribution in [1.29, 1.82) is 0 Å². The van der Waals surface area contributed by atoms with E-state index in [2.05, 4.69) is 10.9 Å². The van der Waals surface area contributed by atoms with E-state index >= 15 is 0 Å². The molecule has 0 aromatic heterocycles. The highest BCUT2D eigenvalue weighted by Gasteiger charge is 2.13. The standard InChI is InChI=1S/C22H22N2O4/c1-14(2)28-19-11-10-18(13-20(19)27-3)22(26)24-23-21(25)17-9-8-15-6-4-5-7-16(15)12-17/h4-14H,1-3H3,(H,23,25)(H,24,26). The number of carbonyl (C=O) groups is 2. The van der Waals surface area contributed by atoms with Crippen LogP contribution in [0.15, 0.2) is 60.7 Å². The van der Waals surface area contributed by atoms with Crippen molar-refractivity contribution in [2.75, 3.05) is 7.11 Å². The summed E-state index contributed by atoms with van der Waals surface area (Å²) in [4.78, 5) is 24.7. The second-order valence-electron chi connectivity index (χ2n) is 6.50. The van der Waals surface area contributed by atoms with Gasteiger partial charge in [0.2, 0.25) is 0 Å². The van der Waals surface area contributed by atoms with Crippen LogP contribution in [0.4, 0.5) is 0 Å². The maximum absolute atomic E-state index is 12.4. The number of nitrogens with one attached hydrogen (secondary N) is 2. The Morgan fingerprint density at radius 3 is 2.04 bits per heavy atom. The Kier molecular flexibility index (Phi) is 5.79. The molecule has 0 unspecified atom stereocenters. The maximum atomic E-state index is 12.4. The molecule has 28 heavy (non-hydrogen) atoms. The van der Waals surface area contributed by atoms with Crippen molar-refractivity contribution in [3.05, 3.63) is 71.8 Å². The van der Waals surface area contributed by atoms with Gasteiger partial charge in [-0.3, -0.25) is 20.4 Å². The van der Waals surface area contributed by atoms with Crippen LogP contribution < -0.4 is 20.3 Å². The first-order valence-corrected chi connectivity index (χ1v) is 8.92. The molecule has 2 N–H and O–H groups in total. The average Bonchev–Trinajstić information content (AvgIpc) is 2.71. The molecule has 3 aromatic rings. The van der Waals surface area contributed by atoms with Gasteiger partial charge in [0, 0.05) is 11.1 Å². The summed E-state index contributed by atoms with van der Waals surface area (Å²) in [5.74, 6) is 0.144. The summed E-state index contributed by atoms with van der Waals surface area (Å²) in [7, 11) is 1.51. The molecule has 0 heterocycles. The van der Waals surface area contributed by atoms with E-state index in [1.54, 1.807) is 30.3 Å². The van der Waals surface area contributed by atoms with Crippen LogP contribution >= 0.6 is 0 Å². The monoisotopic (exact) mass is 378 g/mol. The lowest BCUT2D eigenvalue weighted by Crippen LogP contribution is -2.41. The van der Waals surface area contributed by atoms with Crippen molar-refractivity contribution < 1.29 is 19.1 Å². The molecule has 3 rings (SSSR count). The van der Waals surface area contributed by atoms with E-state index in [1.807, 2.05) is 44.2 Å². The fraction of sp³-hybridized carbons (Fsp3) is 0.182. The third kappa shape index (κ3) is 4.40. The molecule has 6 nitrogen and oxygen atoms in total. The number of ether oxygens (including phenoxy) is 2. The second kappa shape index (κ2) is 8.43. The van der Waals surface area contributed by atoms with Crippen molar-refractivity contribution in [2.24, 2.45) is 0 Å². The van der Waals surface area contributed by atoms with Gasteiger partial charge in [0.25, 0.3) is 11.8 Å². The van der Waals surface area contributed by atoms with Crippen LogP contribution in [0.3, 0.4) is 0 Å². The minimum atomic E-state index is -0.455. The Bertz CT molecular complexity index is 1010. The van der Waals surface area contributed by atoms with Crippen LogP contribution in [0, 0.1) is 0 Å². The van der Waals surface area contributed by atoms with Gasteiger partial charge in [-0.2, -0.15) is 0 Å². The Morgan fingerprint density at radius 1 is 0.786 bits per heavy atom. The highest BCUT2D eigenvalue weighted by atomic mass is 16.5. The van der Waals surface area contributed by atoms with Crippen LogP contribution in [0.1, 0.15) is 34.6 Å². The van der Waals surface area contributed by atoms with Crippen LogP contribution in [-0.4, -0.2) is 25.0 Å². The topological polar surface area (TPSA) is 76.7 Å². The van der Waals surface area contributed by atoms with Gasteiger partial charge < -0.3 is 9.47 Å². The summed E-state index contributed by atoms with van der Waals surface area (Å²) in [5, 5.41) is 1.99. The van der Waals surface area contributed by atoms with Gasteiger partial charge in [0.05, 0.1) is 13.2 Å². The van der Waals surface area contributed by atoms with Crippen molar-refractivity contribution >= 4 is 22.6 Å². The maximum Gasteiger partial charge on any atom is 0.269 e. The van der Waals surface area contributed by atoms with Crippen LogP contribution in [-0.2, 0) is 0 Å². The van der Waals surface area contributed by atoms with Gasteiger partial charge in [-0.15, -0.1) is 0 Å². The fourth-order valence-electron chi connectivity index (χ4n) is 2.75. The van der Waals surface area contributed by atoms with Crippen LogP contribution in [0.2, 0.25) is 0 Å². The van der Waals surface area contributed by atoms with E-state index in [9.17, 15) is 9.59 Å². The average molecular weight is 378 g/mol. The van der Waals surface area contributed by atoms with Crippen LogP contribution in [0.25, 0.3) is 10.8 Å². The molecule has 0 atom stereocenters. The lowest BCUT2D eigenvalue weighted by atomic mass is 10.1. The zero-order valence-electron chi connectivity index (χ0n) is 16.0. The number of methoxy groups -OCH3 is 1. The molecule has 0 saturated heterocycles. The Hall–Kier alpha value is -3.54. The predicted molar refractivity (Wildman–Crippen MR) is 108 cm³/mol. The quantitative estimate of drug-likeness (QED) is 0.664. The van der Waals surface area contributed by atoms with Gasteiger partial charge in [-0.1, -0.05) is 30.3 Å². The molecule has 0 aliphatic carbocycles. The summed E-state index contributed by atoms with van der Waals surface area (Å²) in [5.41, 5.74) is 5.65. The zero-order valence-corrected chi connectivity index (χ0v) is 16.0. The summed E-state index contributed by atoms with van der Waals surface area (Å²) >= 11 is 0. The molecule has 0 aliphatic heterocycles. The van der Waals surface area contributed by atoms with Crippen LogP contribution in [0.5, 0.6) is 11.5 Å². The summed E-state index contributed by atoms with van der Waals surface area (Å²) in [6, 6.07) is 17.9. The first-order valence-electron chi connectivity index (χ1n) is 8.92. The molecule has 0 radical (unpaired) electrons. The molecule has 0 spiro atoms. The molecule has 2 amide bonds. The molecule has 0 aliphatic rings. The molecule has 3 aromatic carbocycles. The van der Waals surface area contributed by atoms with E-state index in [4.69, 9.17) is 9.47 Å². The first kappa shape index (κ1) is 19.2. The normalized spacial score (nSPS) is 10.6. The van der Waals surface area contributed by atoms with Gasteiger partial charge in [-0.25, -0.2) is 0 Å². The molecular formula is C22H22N2O4. The largest absolute Gasteiger partial charge is 0.493 e. The molecule has 0 bridgehead atoms. The predicted octanol–water partition coefficient (Wildman–Crippen LogP) is 3.71. The molecule has 0 fully saturated rings. The van der Waals surface area contributed by atoms with E-state index < -0.39 is 11.8 Å². The summed E-state index contributed by atoms with van der Waals surface area (Å²) < 4.78 is 10.9. The van der Waals surface area contributed by atoms with Crippen molar-refractivity contribution in [2.45, 2.75) is 20.0 Å².